The van der Waals surface area contributed by atoms with Gasteiger partial charge in [0, 0.05) is 12.0 Å². The lowest BCUT2D eigenvalue weighted by Gasteiger charge is -2.01. The molecule has 3 heteroatoms. The molecule has 0 aliphatic heterocycles. The second-order valence-electron chi connectivity index (χ2n) is 2.69. The van der Waals surface area contributed by atoms with Crippen LogP contribution in [-0.4, -0.2) is 19.4 Å². The molecular formula is C10H13NO2. The number of carbonyl (C=O) groups excluding carboxylic acids is 1. The Morgan fingerprint density at radius 1 is 1.38 bits per heavy atom. The van der Waals surface area contributed by atoms with E-state index < -0.39 is 0 Å². The predicted octanol–water partition coefficient (Wildman–Crippen LogP) is 1.23. The van der Waals surface area contributed by atoms with Gasteiger partial charge >= 0.3 is 0 Å². The van der Waals surface area contributed by atoms with Gasteiger partial charge in [0.1, 0.15) is 5.75 Å². The first-order valence-corrected chi connectivity index (χ1v) is 4.15. The van der Waals surface area contributed by atoms with Crippen molar-refractivity contribution < 1.29 is 9.53 Å². The van der Waals surface area contributed by atoms with Crippen molar-refractivity contribution in [1.82, 2.24) is 0 Å². The monoisotopic (exact) mass is 179 g/mol. The summed E-state index contributed by atoms with van der Waals surface area (Å²) in [4.78, 5) is 11.3. The highest BCUT2D eigenvalue weighted by atomic mass is 16.5. The molecule has 1 aromatic carbocycles. The minimum absolute atomic E-state index is 0.0742. The summed E-state index contributed by atoms with van der Waals surface area (Å²) in [6.45, 7) is 0.394. The number of rotatable bonds is 4. The summed E-state index contributed by atoms with van der Waals surface area (Å²) in [7, 11) is 1.59. The summed E-state index contributed by atoms with van der Waals surface area (Å²) in [5.41, 5.74) is 5.96. The number of benzene rings is 1. The molecule has 0 aromatic heterocycles. The van der Waals surface area contributed by atoms with E-state index in [0.29, 0.717) is 18.5 Å². The summed E-state index contributed by atoms with van der Waals surface area (Å²) in [6.07, 6.45) is 0.395. The quantitative estimate of drug-likeness (QED) is 0.707. The Morgan fingerprint density at radius 3 is 2.46 bits per heavy atom. The van der Waals surface area contributed by atoms with Gasteiger partial charge in [0.05, 0.1) is 7.11 Å². The van der Waals surface area contributed by atoms with Crippen LogP contribution in [0.2, 0.25) is 0 Å². The van der Waals surface area contributed by atoms with Crippen LogP contribution in [0.1, 0.15) is 16.8 Å². The number of nitrogens with two attached hydrogens (primary N) is 1. The average molecular weight is 179 g/mol. The largest absolute Gasteiger partial charge is 0.497 e. The average Bonchev–Trinajstić information content (AvgIpc) is 2.18. The third-order valence-electron chi connectivity index (χ3n) is 1.78. The second-order valence-corrected chi connectivity index (χ2v) is 2.69. The van der Waals surface area contributed by atoms with Crippen molar-refractivity contribution >= 4 is 5.78 Å². The number of ether oxygens (including phenoxy) is 1. The van der Waals surface area contributed by atoms with Gasteiger partial charge in [-0.05, 0) is 30.8 Å². The summed E-state index contributed by atoms with van der Waals surface area (Å²) in [5, 5.41) is 0. The van der Waals surface area contributed by atoms with E-state index in [-0.39, 0.29) is 5.78 Å². The van der Waals surface area contributed by atoms with Crippen LogP contribution in [-0.2, 0) is 0 Å². The lowest BCUT2D eigenvalue weighted by molar-refractivity contribution is 0.0985. The maximum absolute atomic E-state index is 11.3. The molecule has 0 unspecified atom stereocenters. The summed E-state index contributed by atoms with van der Waals surface area (Å²) >= 11 is 0. The Morgan fingerprint density at radius 2 is 2.00 bits per heavy atom. The van der Waals surface area contributed by atoms with E-state index in [1.165, 1.54) is 0 Å². The highest BCUT2D eigenvalue weighted by molar-refractivity contribution is 5.96. The summed E-state index contributed by atoms with van der Waals surface area (Å²) < 4.78 is 4.97. The van der Waals surface area contributed by atoms with E-state index in [0.717, 1.165) is 5.75 Å². The zero-order valence-electron chi connectivity index (χ0n) is 7.62. The van der Waals surface area contributed by atoms with Crippen LogP contribution in [0.5, 0.6) is 5.75 Å². The molecule has 0 saturated carbocycles. The molecular weight excluding hydrogens is 166 g/mol. The van der Waals surface area contributed by atoms with Crippen molar-refractivity contribution in [2.24, 2.45) is 5.73 Å². The van der Waals surface area contributed by atoms with E-state index in [9.17, 15) is 4.79 Å². The molecule has 2 N–H and O–H groups in total. The molecule has 70 valence electrons. The molecule has 0 aliphatic carbocycles. The molecule has 0 fully saturated rings. The van der Waals surface area contributed by atoms with Gasteiger partial charge in [-0.2, -0.15) is 0 Å². The van der Waals surface area contributed by atoms with Crippen LogP contribution in [0.25, 0.3) is 0 Å². The fourth-order valence-corrected chi connectivity index (χ4v) is 1.05. The van der Waals surface area contributed by atoms with Crippen molar-refractivity contribution in [3.8, 4) is 5.75 Å². The predicted molar refractivity (Wildman–Crippen MR) is 51.0 cm³/mol. The lowest BCUT2D eigenvalue weighted by Crippen LogP contribution is -2.07. The highest BCUT2D eigenvalue weighted by Crippen LogP contribution is 2.12. The minimum Gasteiger partial charge on any atom is -0.497 e. The van der Waals surface area contributed by atoms with Gasteiger partial charge in [-0.25, -0.2) is 0 Å². The minimum atomic E-state index is 0.0742. The first-order valence-electron chi connectivity index (χ1n) is 4.15. The number of hydrogen-bond donors (Lipinski definition) is 1. The fraction of sp³-hybridized carbons (Fsp3) is 0.300. The number of ketones is 1. The smallest absolute Gasteiger partial charge is 0.164 e. The molecule has 0 amide bonds. The van der Waals surface area contributed by atoms with E-state index in [2.05, 4.69) is 0 Å². The molecule has 0 atom stereocenters. The third-order valence-corrected chi connectivity index (χ3v) is 1.78. The standard InChI is InChI=1S/C10H13NO2/c1-13-9-4-2-8(3-5-9)10(12)6-7-11/h2-5H,6-7,11H2,1H3. The van der Waals surface area contributed by atoms with Crippen LogP contribution < -0.4 is 10.5 Å². The van der Waals surface area contributed by atoms with Gasteiger partial charge in [0.15, 0.2) is 5.78 Å². The van der Waals surface area contributed by atoms with Crippen molar-refractivity contribution in [3.05, 3.63) is 29.8 Å². The fourth-order valence-electron chi connectivity index (χ4n) is 1.05. The maximum atomic E-state index is 11.3. The Labute approximate surface area is 77.5 Å². The SMILES string of the molecule is COc1ccc(C(=O)CCN)cc1. The van der Waals surface area contributed by atoms with Gasteiger partial charge in [0.25, 0.3) is 0 Å². The van der Waals surface area contributed by atoms with Gasteiger partial charge in [-0.1, -0.05) is 0 Å². The first-order chi connectivity index (χ1) is 6.27. The molecule has 0 spiro atoms. The number of methoxy groups -OCH3 is 1. The van der Waals surface area contributed by atoms with Crippen molar-refractivity contribution in [1.29, 1.82) is 0 Å². The van der Waals surface area contributed by atoms with Crippen LogP contribution in [0.15, 0.2) is 24.3 Å². The molecule has 13 heavy (non-hydrogen) atoms. The summed E-state index contributed by atoms with van der Waals surface area (Å²) in [5.74, 6) is 0.828. The number of hydrogen-bond acceptors (Lipinski definition) is 3. The van der Waals surface area contributed by atoms with Gasteiger partial charge in [-0.15, -0.1) is 0 Å². The van der Waals surface area contributed by atoms with E-state index in [1.807, 2.05) is 0 Å². The van der Waals surface area contributed by atoms with Gasteiger partial charge < -0.3 is 10.5 Å². The molecule has 0 saturated heterocycles. The van der Waals surface area contributed by atoms with E-state index >= 15 is 0 Å². The highest BCUT2D eigenvalue weighted by Gasteiger charge is 2.03. The molecule has 1 aromatic rings. The van der Waals surface area contributed by atoms with Gasteiger partial charge in [-0.3, -0.25) is 4.79 Å². The van der Waals surface area contributed by atoms with Crippen LogP contribution in [0, 0.1) is 0 Å². The van der Waals surface area contributed by atoms with Crippen LogP contribution in [0.3, 0.4) is 0 Å². The summed E-state index contributed by atoms with van der Waals surface area (Å²) in [6, 6.07) is 7.03. The zero-order chi connectivity index (χ0) is 9.68. The van der Waals surface area contributed by atoms with Crippen molar-refractivity contribution in [3.63, 3.8) is 0 Å². The Bertz CT molecular complexity index is 279. The van der Waals surface area contributed by atoms with Crippen molar-refractivity contribution in [2.75, 3.05) is 13.7 Å². The van der Waals surface area contributed by atoms with Crippen LogP contribution >= 0.6 is 0 Å². The molecule has 0 aliphatic rings. The maximum Gasteiger partial charge on any atom is 0.164 e. The third kappa shape index (κ3) is 2.56. The number of carbonyl (C=O) groups is 1. The van der Waals surface area contributed by atoms with E-state index in [4.69, 9.17) is 10.5 Å². The molecule has 0 radical (unpaired) electrons. The molecule has 0 heterocycles. The zero-order valence-corrected chi connectivity index (χ0v) is 7.62. The first kappa shape index (κ1) is 9.74. The second kappa shape index (κ2) is 4.62. The van der Waals surface area contributed by atoms with E-state index in [1.54, 1.807) is 31.4 Å². The molecule has 3 nitrogen and oxygen atoms in total. The van der Waals surface area contributed by atoms with Gasteiger partial charge in [0.2, 0.25) is 0 Å². The Kier molecular flexibility index (Phi) is 3.46. The lowest BCUT2D eigenvalue weighted by atomic mass is 10.1. The number of Topliss-reactive ketones (excluding diaryl/α,β-unsaturated/α-hetero) is 1. The molecule has 1 rings (SSSR count). The Balaban J connectivity index is 2.74. The van der Waals surface area contributed by atoms with Crippen LogP contribution in [0.4, 0.5) is 0 Å². The molecule has 0 bridgehead atoms. The Hall–Kier alpha value is -1.35. The van der Waals surface area contributed by atoms with Crippen molar-refractivity contribution in [2.45, 2.75) is 6.42 Å². The normalized spacial score (nSPS) is 9.69. The topological polar surface area (TPSA) is 52.3 Å².